The number of aryl methyl sites for hydroxylation is 1. The van der Waals surface area contributed by atoms with Crippen molar-refractivity contribution in [3.63, 3.8) is 0 Å². The molecule has 0 atom stereocenters. The van der Waals surface area contributed by atoms with E-state index in [4.69, 9.17) is 4.42 Å². The van der Waals surface area contributed by atoms with Crippen molar-refractivity contribution in [3.8, 4) is 10.8 Å². The number of rotatable bonds is 3. The summed E-state index contributed by atoms with van der Waals surface area (Å²) in [5.74, 6) is 0.579. The zero-order chi connectivity index (χ0) is 14.2. The highest BCUT2D eigenvalue weighted by molar-refractivity contribution is 7.17. The first-order valence-electron chi connectivity index (χ1n) is 6.16. The van der Waals surface area contributed by atoms with Crippen molar-refractivity contribution >= 4 is 17.3 Å². The van der Waals surface area contributed by atoms with Crippen LogP contribution in [-0.2, 0) is 11.8 Å². The average molecular weight is 279 g/mol. The van der Waals surface area contributed by atoms with E-state index in [1.54, 1.807) is 0 Å². The van der Waals surface area contributed by atoms with Crippen LogP contribution in [0.15, 0.2) is 16.5 Å². The molecule has 4 nitrogen and oxygen atoms in total. The molecule has 0 aliphatic carbocycles. The standard InChI is InChI=1S/C14H17NO3S/c1-5-8-6-7-9(18-8)12-15-11(14(2,3)4)10(19-12)13(16)17/h6-7H,5H2,1-4H3,(H,16,17). The van der Waals surface area contributed by atoms with Crippen molar-refractivity contribution in [2.24, 2.45) is 0 Å². The smallest absolute Gasteiger partial charge is 0.347 e. The van der Waals surface area contributed by atoms with Crippen molar-refractivity contribution in [2.75, 3.05) is 0 Å². The third-order valence-corrected chi connectivity index (χ3v) is 3.81. The van der Waals surface area contributed by atoms with E-state index in [0.29, 0.717) is 16.5 Å². The molecule has 2 heterocycles. The van der Waals surface area contributed by atoms with E-state index in [1.165, 1.54) is 11.3 Å². The number of aromatic carboxylic acids is 1. The van der Waals surface area contributed by atoms with Crippen LogP contribution in [0.25, 0.3) is 10.8 Å². The van der Waals surface area contributed by atoms with Crippen molar-refractivity contribution in [1.29, 1.82) is 0 Å². The lowest BCUT2D eigenvalue weighted by Gasteiger charge is -2.15. The van der Waals surface area contributed by atoms with Crippen LogP contribution in [0.3, 0.4) is 0 Å². The zero-order valence-electron chi connectivity index (χ0n) is 11.5. The van der Waals surface area contributed by atoms with Crippen LogP contribution in [0, 0.1) is 0 Å². The quantitative estimate of drug-likeness (QED) is 0.923. The summed E-state index contributed by atoms with van der Waals surface area (Å²) in [5.41, 5.74) is 0.303. The third kappa shape index (κ3) is 2.71. The summed E-state index contributed by atoms with van der Waals surface area (Å²) >= 11 is 1.17. The molecule has 0 aliphatic rings. The van der Waals surface area contributed by atoms with E-state index >= 15 is 0 Å². The molecule has 0 saturated heterocycles. The molecule has 102 valence electrons. The second-order valence-corrected chi connectivity index (χ2v) is 6.37. The second-order valence-electron chi connectivity index (χ2n) is 5.37. The molecule has 0 aromatic carbocycles. The topological polar surface area (TPSA) is 63.3 Å². The van der Waals surface area contributed by atoms with Crippen molar-refractivity contribution in [2.45, 2.75) is 39.5 Å². The number of aromatic nitrogens is 1. The van der Waals surface area contributed by atoms with Gasteiger partial charge < -0.3 is 9.52 Å². The number of nitrogens with zero attached hydrogens (tertiary/aromatic N) is 1. The molecule has 0 fully saturated rings. The second kappa shape index (κ2) is 4.81. The number of carbonyl (C=O) groups is 1. The van der Waals surface area contributed by atoms with Crippen LogP contribution in [0.2, 0.25) is 0 Å². The first kappa shape index (κ1) is 13.8. The highest BCUT2D eigenvalue weighted by atomic mass is 32.1. The minimum absolute atomic E-state index is 0.289. The van der Waals surface area contributed by atoms with Gasteiger partial charge in [-0.1, -0.05) is 27.7 Å². The van der Waals surface area contributed by atoms with Gasteiger partial charge >= 0.3 is 5.97 Å². The molecule has 19 heavy (non-hydrogen) atoms. The van der Waals surface area contributed by atoms with Gasteiger partial charge in [-0.2, -0.15) is 0 Å². The van der Waals surface area contributed by atoms with Crippen molar-refractivity contribution < 1.29 is 14.3 Å². The molecular weight excluding hydrogens is 262 g/mol. The van der Waals surface area contributed by atoms with Gasteiger partial charge in [-0.05, 0) is 12.1 Å². The molecule has 0 bridgehead atoms. The Hall–Kier alpha value is -1.62. The largest absolute Gasteiger partial charge is 0.477 e. The molecule has 2 rings (SSSR count). The van der Waals surface area contributed by atoms with Gasteiger partial charge in [0.25, 0.3) is 0 Å². The third-order valence-electron chi connectivity index (χ3n) is 2.75. The molecule has 0 saturated carbocycles. The Kier molecular flexibility index (Phi) is 3.49. The van der Waals surface area contributed by atoms with Gasteiger partial charge in [-0.3, -0.25) is 0 Å². The van der Waals surface area contributed by atoms with Crippen LogP contribution >= 0.6 is 11.3 Å². The molecular formula is C14H17NO3S. The van der Waals surface area contributed by atoms with Crippen molar-refractivity contribution in [3.05, 3.63) is 28.5 Å². The summed E-state index contributed by atoms with van der Waals surface area (Å²) in [4.78, 5) is 16.1. The van der Waals surface area contributed by atoms with Crippen LogP contribution in [-0.4, -0.2) is 16.1 Å². The summed E-state index contributed by atoms with van der Waals surface area (Å²) in [5, 5.41) is 9.91. The van der Waals surface area contributed by atoms with Gasteiger partial charge in [-0.15, -0.1) is 11.3 Å². The normalized spacial score (nSPS) is 11.8. The fraction of sp³-hybridized carbons (Fsp3) is 0.429. The van der Waals surface area contributed by atoms with Gasteiger partial charge in [0.05, 0.1) is 5.69 Å². The molecule has 0 spiro atoms. The lowest BCUT2D eigenvalue weighted by atomic mass is 9.91. The highest BCUT2D eigenvalue weighted by Crippen LogP contribution is 2.35. The van der Waals surface area contributed by atoms with Gasteiger partial charge in [0.1, 0.15) is 10.6 Å². The lowest BCUT2D eigenvalue weighted by molar-refractivity contribution is 0.0699. The van der Waals surface area contributed by atoms with Crippen LogP contribution in [0.5, 0.6) is 0 Å². The van der Waals surface area contributed by atoms with Gasteiger partial charge in [-0.25, -0.2) is 9.78 Å². The maximum Gasteiger partial charge on any atom is 0.347 e. The fourth-order valence-corrected chi connectivity index (χ4v) is 2.84. The van der Waals surface area contributed by atoms with Crippen molar-refractivity contribution in [1.82, 2.24) is 4.98 Å². The van der Waals surface area contributed by atoms with E-state index in [-0.39, 0.29) is 10.3 Å². The minimum atomic E-state index is -0.934. The Balaban J connectivity index is 2.51. The number of furan rings is 1. The van der Waals surface area contributed by atoms with E-state index in [1.807, 2.05) is 39.8 Å². The SMILES string of the molecule is CCc1ccc(-c2nc(C(C)(C)C)c(C(=O)O)s2)o1. The first-order valence-corrected chi connectivity index (χ1v) is 6.98. The lowest BCUT2D eigenvalue weighted by Crippen LogP contribution is -2.16. The zero-order valence-corrected chi connectivity index (χ0v) is 12.3. The van der Waals surface area contributed by atoms with E-state index in [2.05, 4.69) is 4.98 Å². The number of hydrogen-bond acceptors (Lipinski definition) is 4. The van der Waals surface area contributed by atoms with Crippen LogP contribution in [0.1, 0.15) is 48.8 Å². The van der Waals surface area contributed by atoms with Crippen LogP contribution < -0.4 is 0 Å². The summed E-state index contributed by atoms with van der Waals surface area (Å²) in [6.07, 6.45) is 0.809. The molecule has 0 amide bonds. The van der Waals surface area contributed by atoms with Gasteiger partial charge in [0, 0.05) is 11.8 Å². The maximum absolute atomic E-state index is 11.3. The number of thiazole rings is 1. The van der Waals surface area contributed by atoms with E-state index in [9.17, 15) is 9.90 Å². The Morgan fingerprint density at radius 1 is 1.42 bits per heavy atom. The van der Waals surface area contributed by atoms with Gasteiger partial charge in [0.15, 0.2) is 10.8 Å². The molecule has 0 radical (unpaired) electrons. The monoisotopic (exact) mass is 279 g/mol. The Morgan fingerprint density at radius 2 is 2.11 bits per heavy atom. The van der Waals surface area contributed by atoms with E-state index < -0.39 is 5.97 Å². The average Bonchev–Trinajstić information content (AvgIpc) is 2.94. The minimum Gasteiger partial charge on any atom is -0.477 e. The molecule has 0 unspecified atom stereocenters. The molecule has 2 aromatic heterocycles. The predicted octanol–water partition coefficient (Wildman–Crippen LogP) is 3.96. The summed E-state index contributed by atoms with van der Waals surface area (Å²) in [6, 6.07) is 3.74. The van der Waals surface area contributed by atoms with E-state index in [0.717, 1.165) is 12.2 Å². The predicted molar refractivity (Wildman–Crippen MR) is 74.9 cm³/mol. The first-order chi connectivity index (χ1) is 8.82. The summed E-state index contributed by atoms with van der Waals surface area (Å²) < 4.78 is 5.63. The Morgan fingerprint density at radius 3 is 2.53 bits per heavy atom. The molecule has 0 aliphatic heterocycles. The van der Waals surface area contributed by atoms with Crippen LogP contribution in [0.4, 0.5) is 0 Å². The number of hydrogen-bond donors (Lipinski definition) is 1. The summed E-state index contributed by atoms with van der Waals surface area (Å²) in [7, 11) is 0. The molecule has 2 aromatic rings. The number of carboxylic acid groups (broad SMARTS) is 1. The summed E-state index contributed by atoms with van der Waals surface area (Å²) in [6.45, 7) is 7.88. The molecule has 1 N–H and O–H groups in total. The van der Waals surface area contributed by atoms with Gasteiger partial charge in [0.2, 0.25) is 0 Å². The Labute approximate surface area is 116 Å². The number of carboxylic acids is 1. The fourth-order valence-electron chi connectivity index (χ4n) is 1.76. The maximum atomic E-state index is 11.3. The Bertz CT molecular complexity index is 604. The molecule has 5 heteroatoms. The highest BCUT2D eigenvalue weighted by Gasteiger charge is 2.28.